The molecule has 1 fully saturated rings. The molecule has 3 N–H and O–H groups in total. The number of nitrogens with zero attached hydrogens (tertiary/aromatic N) is 1. The molecule has 0 bridgehead atoms. The fourth-order valence-corrected chi connectivity index (χ4v) is 2.39. The molecule has 0 amide bonds. The summed E-state index contributed by atoms with van der Waals surface area (Å²) in [6.07, 6.45) is 3.04. The summed E-state index contributed by atoms with van der Waals surface area (Å²) >= 11 is 0. The topological polar surface area (TPSA) is 58.7 Å². The molecule has 102 valence electrons. The van der Waals surface area contributed by atoms with Crippen LogP contribution in [0.1, 0.15) is 33.1 Å². The van der Waals surface area contributed by atoms with Crippen LogP contribution in [0, 0.1) is 5.92 Å². The lowest BCUT2D eigenvalue weighted by molar-refractivity contribution is 0.0200. The van der Waals surface area contributed by atoms with Crippen LogP contribution in [0.5, 0.6) is 0 Å². The normalized spacial score (nSPS) is 23.6. The van der Waals surface area contributed by atoms with E-state index >= 15 is 0 Å². The molecule has 0 aliphatic carbocycles. The smallest absolute Gasteiger partial charge is 0.0756 e. The van der Waals surface area contributed by atoms with E-state index in [2.05, 4.69) is 18.9 Å². The first-order valence-corrected chi connectivity index (χ1v) is 6.65. The van der Waals surface area contributed by atoms with Gasteiger partial charge in [-0.05, 0) is 46.1 Å². The van der Waals surface area contributed by atoms with Crippen LogP contribution in [-0.2, 0) is 4.74 Å². The molecule has 0 aromatic rings. The summed E-state index contributed by atoms with van der Waals surface area (Å²) in [5.74, 6) is 0.735. The Hall–Kier alpha value is -0.160. The molecular weight excluding hydrogens is 216 g/mol. The third-order valence-corrected chi connectivity index (χ3v) is 3.81. The Kier molecular flexibility index (Phi) is 5.86. The van der Waals surface area contributed by atoms with E-state index < -0.39 is 5.60 Å². The predicted octanol–water partition coefficient (Wildman–Crippen LogP) is 0.833. The molecule has 1 saturated heterocycles. The largest absolute Gasteiger partial charge is 0.389 e. The molecule has 0 aromatic heterocycles. The molecule has 2 unspecified atom stereocenters. The van der Waals surface area contributed by atoms with Gasteiger partial charge in [0.1, 0.15) is 0 Å². The maximum Gasteiger partial charge on any atom is 0.0756 e. The summed E-state index contributed by atoms with van der Waals surface area (Å²) in [5.41, 5.74) is 4.81. The van der Waals surface area contributed by atoms with Crippen molar-refractivity contribution in [3.05, 3.63) is 0 Å². The van der Waals surface area contributed by atoms with Gasteiger partial charge in [-0.2, -0.15) is 0 Å². The van der Waals surface area contributed by atoms with Gasteiger partial charge < -0.3 is 20.5 Å². The highest BCUT2D eigenvalue weighted by Crippen LogP contribution is 2.19. The highest BCUT2D eigenvalue weighted by atomic mass is 16.5. The van der Waals surface area contributed by atoms with Crippen LogP contribution in [0.25, 0.3) is 0 Å². The Bertz CT molecular complexity index is 215. The van der Waals surface area contributed by atoms with Crippen LogP contribution in [0.2, 0.25) is 0 Å². The van der Waals surface area contributed by atoms with Crippen molar-refractivity contribution < 1.29 is 9.84 Å². The molecule has 4 nitrogen and oxygen atoms in total. The Morgan fingerprint density at radius 3 is 2.59 bits per heavy atom. The number of rotatable bonds is 6. The van der Waals surface area contributed by atoms with Gasteiger partial charge in [-0.25, -0.2) is 0 Å². The number of ether oxygens (including phenoxy) is 1. The fourth-order valence-electron chi connectivity index (χ4n) is 2.39. The lowest BCUT2D eigenvalue weighted by Gasteiger charge is -2.34. The van der Waals surface area contributed by atoms with Crippen molar-refractivity contribution in [1.82, 2.24) is 4.90 Å². The van der Waals surface area contributed by atoms with E-state index in [9.17, 15) is 5.11 Å². The van der Waals surface area contributed by atoms with E-state index in [0.29, 0.717) is 12.6 Å². The molecule has 0 aromatic carbocycles. The standard InChI is InChI=1S/C13H28N2O2/c1-11(8-13(2,16)10-14)15(3)9-12-4-6-17-7-5-12/h11-12,16H,4-10,14H2,1-3H3. The van der Waals surface area contributed by atoms with Crippen LogP contribution in [0.4, 0.5) is 0 Å². The summed E-state index contributed by atoms with van der Waals surface area (Å²) in [6, 6.07) is 0.358. The van der Waals surface area contributed by atoms with Crippen molar-refractivity contribution >= 4 is 0 Å². The van der Waals surface area contributed by atoms with Gasteiger partial charge in [-0.3, -0.25) is 0 Å². The Balaban J connectivity index is 2.32. The summed E-state index contributed by atoms with van der Waals surface area (Å²) in [6.45, 7) is 7.17. The van der Waals surface area contributed by atoms with Crippen molar-refractivity contribution in [2.24, 2.45) is 11.7 Å². The highest BCUT2D eigenvalue weighted by Gasteiger charge is 2.25. The summed E-state index contributed by atoms with van der Waals surface area (Å²) in [4.78, 5) is 2.33. The fraction of sp³-hybridized carbons (Fsp3) is 1.00. The third kappa shape index (κ3) is 5.34. The maximum atomic E-state index is 9.98. The first-order chi connectivity index (χ1) is 7.94. The Labute approximate surface area is 105 Å². The second kappa shape index (κ2) is 6.69. The van der Waals surface area contributed by atoms with E-state index in [0.717, 1.165) is 44.9 Å². The zero-order valence-electron chi connectivity index (χ0n) is 11.5. The summed E-state index contributed by atoms with van der Waals surface area (Å²) in [5, 5.41) is 9.98. The first kappa shape index (κ1) is 14.9. The Morgan fingerprint density at radius 2 is 2.06 bits per heavy atom. The van der Waals surface area contributed by atoms with Crippen molar-refractivity contribution in [2.45, 2.75) is 44.8 Å². The quantitative estimate of drug-likeness (QED) is 0.727. The average Bonchev–Trinajstić information content (AvgIpc) is 2.30. The van der Waals surface area contributed by atoms with Gasteiger partial charge >= 0.3 is 0 Å². The van der Waals surface area contributed by atoms with Gasteiger partial charge in [0.25, 0.3) is 0 Å². The van der Waals surface area contributed by atoms with E-state index in [1.807, 2.05) is 6.92 Å². The highest BCUT2D eigenvalue weighted by molar-refractivity contribution is 4.80. The van der Waals surface area contributed by atoms with Crippen LogP contribution >= 0.6 is 0 Å². The van der Waals surface area contributed by atoms with Crippen LogP contribution in [0.3, 0.4) is 0 Å². The molecule has 0 spiro atoms. The molecule has 2 atom stereocenters. The number of hydrogen-bond donors (Lipinski definition) is 2. The van der Waals surface area contributed by atoms with E-state index in [4.69, 9.17) is 10.5 Å². The molecule has 1 aliphatic rings. The summed E-state index contributed by atoms with van der Waals surface area (Å²) in [7, 11) is 2.13. The molecule has 1 aliphatic heterocycles. The molecular formula is C13H28N2O2. The van der Waals surface area contributed by atoms with Gasteiger partial charge in [-0.15, -0.1) is 0 Å². The average molecular weight is 244 g/mol. The molecule has 1 rings (SSSR count). The number of aliphatic hydroxyl groups is 1. The van der Waals surface area contributed by atoms with Crippen LogP contribution in [-0.4, -0.2) is 55.0 Å². The number of hydrogen-bond acceptors (Lipinski definition) is 4. The molecule has 17 heavy (non-hydrogen) atoms. The zero-order chi connectivity index (χ0) is 12.9. The van der Waals surface area contributed by atoms with Gasteiger partial charge in [0.15, 0.2) is 0 Å². The monoisotopic (exact) mass is 244 g/mol. The van der Waals surface area contributed by atoms with Crippen molar-refractivity contribution in [1.29, 1.82) is 0 Å². The van der Waals surface area contributed by atoms with Crippen molar-refractivity contribution in [2.75, 3.05) is 33.4 Å². The lowest BCUT2D eigenvalue weighted by Crippen LogP contribution is -2.43. The second-order valence-electron chi connectivity index (χ2n) is 5.75. The second-order valence-corrected chi connectivity index (χ2v) is 5.75. The van der Waals surface area contributed by atoms with Gasteiger partial charge in [0, 0.05) is 32.3 Å². The van der Waals surface area contributed by atoms with E-state index in [1.54, 1.807) is 0 Å². The first-order valence-electron chi connectivity index (χ1n) is 6.65. The van der Waals surface area contributed by atoms with Crippen LogP contribution < -0.4 is 5.73 Å². The molecule has 0 saturated carbocycles. The minimum absolute atomic E-state index is 0.322. The lowest BCUT2D eigenvalue weighted by atomic mass is 9.95. The maximum absolute atomic E-state index is 9.98. The van der Waals surface area contributed by atoms with E-state index in [-0.39, 0.29) is 0 Å². The van der Waals surface area contributed by atoms with Crippen molar-refractivity contribution in [3.8, 4) is 0 Å². The van der Waals surface area contributed by atoms with E-state index in [1.165, 1.54) is 0 Å². The van der Waals surface area contributed by atoms with Crippen LogP contribution in [0.15, 0.2) is 0 Å². The van der Waals surface area contributed by atoms with Gasteiger partial charge in [0.2, 0.25) is 0 Å². The minimum atomic E-state index is -0.747. The SMILES string of the molecule is CC(CC(C)(O)CN)N(C)CC1CCOCC1. The zero-order valence-corrected chi connectivity index (χ0v) is 11.5. The third-order valence-electron chi connectivity index (χ3n) is 3.81. The number of nitrogens with two attached hydrogens (primary N) is 1. The van der Waals surface area contributed by atoms with Gasteiger partial charge in [-0.1, -0.05) is 0 Å². The van der Waals surface area contributed by atoms with Gasteiger partial charge in [0.05, 0.1) is 5.60 Å². The molecule has 0 radical (unpaired) electrons. The van der Waals surface area contributed by atoms with Crippen molar-refractivity contribution in [3.63, 3.8) is 0 Å². The Morgan fingerprint density at radius 1 is 1.47 bits per heavy atom. The molecule has 4 heteroatoms. The predicted molar refractivity (Wildman–Crippen MR) is 69.9 cm³/mol. The minimum Gasteiger partial charge on any atom is -0.389 e. The summed E-state index contributed by atoms with van der Waals surface area (Å²) < 4.78 is 5.36. The molecule has 1 heterocycles.